The Morgan fingerprint density at radius 3 is 3.00 bits per heavy atom. The maximum atomic E-state index is 11.9. The van der Waals surface area contributed by atoms with Crippen LogP contribution in [0.1, 0.15) is 42.3 Å². The number of allylic oxidation sites excluding steroid dienone is 1. The fourth-order valence-electron chi connectivity index (χ4n) is 2.90. The summed E-state index contributed by atoms with van der Waals surface area (Å²) >= 11 is 3.60. The van der Waals surface area contributed by atoms with Crippen molar-refractivity contribution >= 4 is 22.0 Å². The zero-order valence-electron chi connectivity index (χ0n) is 9.09. The molecule has 1 aromatic heterocycles. The lowest BCUT2D eigenvalue weighted by Crippen LogP contribution is -2.23. The average molecular weight is 281 g/mol. The van der Waals surface area contributed by atoms with E-state index in [2.05, 4.69) is 25.9 Å². The molecular weight excluding hydrogens is 268 g/mol. The van der Waals surface area contributed by atoms with Crippen LogP contribution in [0.25, 0.3) is 6.08 Å². The van der Waals surface area contributed by atoms with Crippen molar-refractivity contribution in [2.24, 2.45) is 5.92 Å². The van der Waals surface area contributed by atoms with Crippen LogP contribution in [0.5, 0.6) is 0 Å². The monoisotopic (exact) mass is 280 g/mol. The normalized spacial score (nSPS) is 27.2. The van der Waals surface area contributed by atoms with Crippen LogP contribution >= 0.6 is 15.9 Å². The van der Waals surface area contributed by atoms with Crippen molar-refractivity contribution in [2.75, 3.05) is 0 Å². The summed E-state index contributed by atoms with van der Waals surface area (Å²) in [5.74, 6) is 1.71. The topological polar surface area (TPSA) is 45.8 Å². The number of rotatable bonds is 0. The van der Waals surface area contributed by atoms with Gasteiger partial charge in [0.15, 0.2) is 0 Å². The molecule has 1 saturated carbocycles. The van der Waals surface area contributed by atoms with Crippen LogP contribution in [0.2, 0.25) is 0 Å². The number of H-pyrrole nitrogens is 1. The minimum Gasteiger partial charge on any atom is -0.310 e. The molecule has 3 rings (SSSR count). The minimum atomic E-state index is -0.00944. The summed E-state index contributed by atoms with van der Waals surface area (Å²) in [5, 5.41) is 0. The van der Waals surface area contributed by atoms with Gasteiger partial charge in [-0.1, -0.05) is 22.4 Å². The van der Waals surface area contributed by atoms with E-state index < -0.39 is 0 Å². The standard InChI is InChI=1S/C12H13BrN2O/c1-6-14-11-8-4-2-3-7(8)10(13)5-9(11)12(16)15-6/h5,7-8H,2-4H2,1H3,(H,14,15,16). The van der Waals surface area contributed by atoms with E-state index in [0.717, 1.165) is 23.5 Å². The molecule has 0 saturated heterocycles. The number of nitrogens with one attached hydrogen (secondary N) is 1. The van der Waals surface area contributed by atoms with Gasteiger partial charge in [-0.3, -0.25) is 4.79 Å². The summed E-state index contributed by atoms with van der Waals surface area (Å²) in [4.78, 5) is 19.2. The molecule has 0 amide bonds. The van der Waals surface area contributed by atoms with Crippen LogP contribution in [-0.4, -0.2) is 9.97 Å². The second-order valence-electron chi connectivity index (χ2n) is 4.62. The van der Waals surface area contributed by atoms with Gasteiger partial charge in [0.2, 0.25) is 0 Å². The molecule has 1 aromatic rings. The highest BCUT2D eigenvalue weighted by Gasteiger charge is 2.36. The first kappa shape index (κ1) is 10.3. The molecule has 84 valence electrons. The predicted octanol–water partition coefficient (Wildman–Crippen LogP) is 2.71. The summed E-state index contributed by atoms with van der Waals surface area (Å²) in [6, 6.07) is 0. The molecule has 2 unspecified atom stereocenters. The van der Waals surface area contributed by atoms with Gasteiger partial charge in [0, 0.05) is 5.92 Å². The molecule has 2 aliphatic rings. The Hall–Kier alpha value is -0.900. The molecular formula is C12H13BrN2O. The maximum absolute atomic E-state index is 11.9. The van der Waals surface area contributed by atoms with Gasteiger partial charge in [-0.15, -0.1) is 0 Å². The number of hydrogen-bond donors (Lipinski definition) is 1. The summed E-state index contributed by atoms with van der Waals surface area (Å²) in [6.07, 6.45) is 5.53. The predicted molar refractivity (Wildman–Crippen MR) is 66.6 cm³/mol. The van der Waals surface area contributed by atoms with Gasteiger partial charge in [-0.05, 0) is 36.2 Å². The molecule has 0 bridgehead atoms. The number of hydrogen-bond acceptors (Lipinski definition) is 2. The van der Waals surface area contributed by atoms with E-state index in [-0.39, 0.29) is 5.56 Å². The van der Waals surface area contributed by atoms with Gasteiger partial charge in [0.05, 0.1) is 11.3 Å². The largest absolute Gasteiger partial charge is 0.310 e. The van der Waals surface area contributed by atoms with Crippen molar-refractivity contribution in [3.8, 4) is 0 Å². The summed E-state index contributed by atoms with van der Waals surface area (Å²) in [7, 11) is 0. The Balaban J connectivity index is 2.26. The van der Waals surface area contributed by atoms with E-state index >= 15 is 0 Å². The zero-order chi connectivity index (χ0) is 11.3. The average Bonchev–Trinajstić information content (AvgIpc) is 2.69. The van der Waals surface area contributed by atoms with Crippen LogP contribution in [-0.2, 0) is 0 Å². The van der Waals surface area contributed by atoms with Crippen LogP contribution in [0, 0.1) is 12.8 Å². The van der Waals surface area contributed by atoms with Crippen LogP contribution < -0.4 is 5.56 Å². The van der Waals surface area contributed by atoms with E-state index in [1.54, 1.807) is 0 Å². The van der Waals surface area contributed by atoms with Gasteiger partial charge in [0.1, 0.15) is 5.82 Å². The number of nitrogens with zero attached hydrogens (tertiary/aromatic N) is 1. The second kappa shape index (κ2) is 3.55. The Morgan fingerprint density at radius 2 is 2.19 bits per heavy atom. The smallest absolute Gasteiger partial charge is 0.258 e. The van der Waals surface area contributed by atoms with Crippen molar-refractivity contribution in [3.05, 3.63) is 31.9 Å². The molecule has 0 spiro atoms. The quantitative estimate of drug-likeness (QED) is 0.794. The number of aryl methyl sites for hydroxylation is 1. The van der Waals surface area contributed by atoms with Gasteiger partial charge in [-0.2, -0.15) is 0 Å². The van der Waals surface area contributed by atoms with Crippen molar-refractivity contribution in [1.82, 2.24) is 9.97 Å². The van der Waals surface area contributed by atoms with Crippen molar-refractivity contribution < 1.29 is 0 Å². The minimum absolute atomic E-state index is 0.00944. The third-order valence-electron chi connectivity index (χ3n) is 3.61. The number of aromatic amines is 1. The first-order valence-corrected chi connectivity index (χ1v) is 6.44. The van der Waals surface area contributed by atoms with Crippen molar-refractivity contribution in [3.63, 3.8) is 0 Å². The highest BCUT2D eigenvalue weighted by Crippen LogP contribution is 2.48. The Labute approximate surface area is 102 Å². The fourth-order valence-corrected chi connectivity index (χ4v) is 3.68. The second-order valence-corrected chi connectivity index (χ2v) is 5.54. The zero-order valence-corrected chi connectivity index (χ0v) is 10.7. The van der Waals surface area contributed by atoms with Gasteiger partial charge in [-0.25, -0.2) is 4.98 Å². The van der Waals surface area contributed by atoms with Crippen molar-refractivity contribution in [2.45, 2.75) is 32.1 Å². The lowest BCUT2D eigenvalue weighted by molar-refractivity contribution is 0.559. The SMILES string of the molecule is Cc1nc2c(c(=O)[nH]1)C=C(Br)C1CCCC21. The maximum Gasteiger partial charge on any atom is 0.258 e. The summed E-state index contributed by atoms with van der Waals surface area (Å²) < 4.78 is 1.17. The molecule has 4 heteroatoms. The van der Waals surface area contributed by atoms with Crippen LogP contribution in [0.4, 0.5) is 0 Å². The Kier molecular flexibility index (Phi) is 2.28. The van der Waals surface area contributed by atoms with Gasteiger partial charge < -0.3 is 4.98 Å². The molecule has 1 fully saturated rings. The molecule has 16 heavy (non-hydrogen) atoms. The summed E-state index contributed by atoms with van der Waals surface area (Å²) in [6.45, 7) is 1.85. The Morgan fingerprint density at radius 1 is 1.44 bits per heavy atom. The lowest BCUT2D eigenvalue weighted by Gasteiger charge is -2.25. The Bertz CT molecular complexity index is 532. The van der Waals surface area contributed by atoms with Crippen LogP contribution in [0.3, 0.4) is 0 Å². The molecule has 0 aromatic carbocycles. The molecule has 1 N–H and O–H groups in total. The highest BCUT2D eigenvalue weighted by molar-refractivity contribution is 9.11. The first-order valence-electron chi connectivity index (χ1n) is 5.64. The third kappa shape index (κ3) is 1.39. The number of halogens is 1. The molecule has 2 atom stereocenters. The van der Waals surface area contributed by atoms with E-state index in [1.165, 1.54) is 17.3 Å². The van der Waals surface area contributed by atoms with E-state index in [4.69, 9.17) is 0 Å². The van der Waals surface area contributed by atoms with Crippen molar-refractivity contribution in [1.29, 1.82) is 0 Å². The first-order chi connectivity index (χ1) is 7.66. The molecule has 1 heterocycles. The molecule has 0 radical (unpaired) electrons. The van der Waals surface area contributed by atoms with E-state index in [1.807, 2.05) is 13.0 Å². The van der Waals surface area contributed by atoms with Gasteiger partial charge >= 0.3 is 0 Å². The molecule has 3 nitrogen and oxygen atoms in total. The van der Waals surface area contributed by atoms with Crippen LogP contribution in [0.15, 0.2) is 9.28 Å². The number of fused-ring (bicyclic) bond motifs is 3. The number of aromatic nitrogens is 2. The lowest BCUT2D eigenvalue weighted by atomic mass is 9.85. The molecule has 2 aliphatic carbocycles. The van der Waals surface area contributed by atoms with E-state index in [0.29, 0.717) is 11.8 Å². The highest BCUT2D eigenvalue weighted by atomic mass is 79.9. The van der Waals surface area contributed by atoms with E-state index in [9.17, 15) is 4.79 Å². The van der Waals surface area contributed by atoms with Gasteiger partial charge in [0.25, 0.3) is 5.56 Å². The fraction of sp³-hybridized carbons (Fsp3) is 0.500. The molecule has 0 aliphatic heterocycles. The summed E-state index contributed by atoms with van der Waals surface area (Å²) in [5.41, 5.74) is 1.75. The third-order valence-corrected chi connectivity index (χ3v) is 4.42.